The van der Waals surface area contributed by atoms with Crippen LogP contribution in [-0.4, -0.2) is 121 Å². The van der Waals surface area contributed by atoms with E-state index in [0.29, 0.717) is 86.7 Å². The Morgan fingerprint density at radius 2 is 1.62 bits per heavy atom. The van der Waals surface area contributed by atoms with Gasteiger partial charge in [-0.1, -0.05) is 54.1 Å². The smallest absolute Gasteiger partial charge is 0.254 e. The third-order valence-corrected chi connectivity index (χ3v) is 13.7. The van der Waals surface area contributed by atoms with Crippen molar-refractivity contribution in [3.63, 3.8) is 0 Å². The maximum atomic E-state index is 13.7. The molecule has 328 valence electrons. The van der Waals surface area contributed by atoms with Crippen LogP contribution < -0.4 is 10.6 Å². The first-order valence-corrected chi connectivity index (χ1v) is 22.3. The number of halogens is 2. The van der Waals surface area contributed by atoms with Gasteiger partial charge in [-0.15, -0.1) is 0 Å². The standard InChI is InChI=1S/C47H51ClFN9O5/c1-55-39-26-32(7-10-36(39)43(54-55)37-11-12-40(59)52-44(37)61)30-13-19-56(20-14-30)28-41(60)57-23-17-47(63,18-24-57)45(62)58-21-15-35(16-22-58)51-46-50-27-38(48)42(53-46)33-4-2-3-31(25-33)29-5-8-34(49)9-6-29/h2-10,25-27,30,35,37,63H,11-24,28H2,1H3,(H,50,51,53)(H,52,59,61). The average Bonchev–Trinajstić information content (AvgIpc) is 3.62. The van der Waals surface area contributed by atoms with Gasteiger partial charge in [0.25, 0.3) is 5.91 Å². The van der Waals surface area contributed by atoms with Crippen LogP contribution in [0.1, 0.15) is 74.5 Å². The monoisotopic (exact) mass is 875 g/mol. The van der Waals surface area contributed by atoms with Gasteiger partial charge in [0.05, 0.1) is 40.6 Å². The maximum Gasteiger partial charge on any atom is 0.254 e. The van der Waals surface area contributed by atoms with Crippen molar-refractivity contribution in [2.45, 2.75) is 74.8 Å². The molecule has 6 heterocycles. The number of imide groups is 1. The van der Waals surface area contributed by atoms with Gasteiger partial charge in [0, 0.05) is 69.5 Å². The first kappa shape index (κ1) is 42.5. The fourth-order valence-corrected chi connectivity index (χ4v) is 9.86. The number of aromatic nitrogens is 4. The molecule has 4 aliphatic heterocycles. The Kier molecular flexibility index (Phi) is 12.0. The number of nitrogens with one attached hydrogen (secondary N) is 2. The molecular formula is C47H51ClFN9O5. The molecule has 5 aromatic rings. The third kappa shape index (κ3) is 9.04. The largest absolute Gasteiger partial charge is 0.380 e. The number of hydrogen-bond acceptors (Lipinski definition) is 10. The number of rotatable bonds is 9. The van der Waals surface area contributed by atoms with Gasteiger partial charge in [-0.25, -0.2) is 14.4 Å². The van der Waals surface area contributed by atoms with Crippen molar-refractivity contribution in [3.8, 4) is 22.4 Å². The Labute approximate surface area is 369 Å². The molecule has 3 N–H and O–H groups in total. The first-order chi connectivity index (χ1) is 30.4. The molecule has 0 aliphatic carbocycles. The van der Waals surface area contributed by atoms with E-state index in [2.05, 4.69) is 37.7 Å². The lowest BCUT2D eigenvalue weighted by molar-refractivity contribution is -0.160. The number of nitrogens with zero attached hydrogens (tertiary/aromatic N) is 7. The minimum atomic E-state index is -1.51. The number of likely N-dealkylation sites (tertiary alicyclic amines) is 3. The normalized spacial score (nSPS) is 20.2. The molecular weight excluding hydrogens is 825 g/mol. The van der Waals surface area contributed by atoms with E-state index in [4.69, 9.17) is 16.6 Å². The van der Waals surface area contributed by atoms with Gasteiger partial charge < -0.3 is 20.2 Å². The SMILES string of the molecule is Cn1nc(C2CCC(=O)NC2=O)c2ccc(C3CCN(CC(=O)N4CCC(O)(C(=O)N5CCC(Nc6ncc(Cl)c(-c7cccc(-c8ccc(F)cc8)c7)n6)CC5)CC4)CC3)cc21. The molecule has 0 saturated carbocycles. The molecule has 4 amide bonds. The van der Waals surface area contributed by atoms with Crippen molar-refractivity contribution in [1.29, 1.82) is 0 Å². The van der Waals surface area contributed by atoms with E-state index in [1.165, 1.54) is 17.7 Å². The number of aryl methyl sites for hydroxylation is 1. The minimum absolute atomic E-state index is 0.0117. The number of piperidine rings is 4. The van der Waals surface area contributed by atoms with E-state index in [0.717, 1.165) is 53.5 Å². The van der Waals surface area contributed by atoms with Crippen molar-refractivity contribution >= 4 is 52.1 Å². The first-order valence-electron chi connectivity index (χ1n) is 21.9. The fraction of sp³-hybridized carbons (Fsp3) is 0.426. The average molecular weight is 876 g/mol. The van der Waals surface area contributed by atoms with E-state index in [9.17, 15) is 28.7 Å². The lowest BCUT2D eigenvalue weighted by Crippen LogP contribution is -2.58. The van der Waals surface area contributed by atoms with Crippen LogP contribution in [0.5, 0.6) is 0 Å². The van der Waals surface area contributed by atoms with E-state index >= 15 is 0 Å². The van der Waals surface area contributed by atoms with E-state index in [1.807, 2.05) is 42.1 Å². The molecule has 0 spiro atoms. The number of anilines is 1. The second-order valence-corrected chi connectivity index (χ2v) is 17.8. The highest BCUT2D eigenvalue weighted by molar-refractivity contribution is 6.33. The molecule has 4 fully saturated rings. The number of hydrogen-bond donors (Lipinski definition) is 3. The number of carbonyl (C=O) groups is 4. The Morgan fingerprint density at radius 3 is 2.35 bits per heavy atom. The van der Waals surface area contributed by atoms with Crippen molar-refractivity contribution in [2.24, 2.45) is 7.05 Å². The van der Waals surface area contributed by atoms with Crippen molar-refractivity contribution in [1.82, 2.24) is 39.8 Å². The van der Waals surface area contributed by atoms with Crippen LogP contribution in [0.2, 0.25) is 5.02 Å². The zero-order valence-electron chi connectivity index (χ0n) is 35.2. The summed E-state index contributed by atoms with van der Waals surface area (Å²) in [7, 11) is 1.88. The summed E-state index contributed by atoms with van der Waals surface area (Å²) >= 11 is 6.56. The molecule has 1 unspecified atom stereocenters. The molecule has 0 bridgehead atoms. The van der Waals surface area contributed by atoms with Crippen LogP contribution in [0, 0.1) is 5.82 Å². The summed E-state index contributed by atoms with van der Waals surface area (Å²) in [6.45, 7) is 3.44. The topological polar surface area (TPSA) is 166 Å². The van der Waals surface area contributed by atoms with Gasteiger partial charge in [-0.05, 0) is 92.1 Å². The van der Waals surface area contributed by atoms with Gasteiger partial charge >= 0.3 is 0 Å². The summed E-state index contributed by atoms with van der Waals surface area (Å²) in [5.41, 5.74) is 4.51. The van der Waals surface area contributed by atoms with Gasteiger partial charge in [0.1, 0.15) is 11.4 Å². The van der Waals surface area contributed by atoms with Gasteiger partial charge in [-0.2, -0.15) is 5.10 Å². The summed E-state index contributed by atoms with van der Waals surface area (Å²) in [4.78, 5) is 66.3. The summed E-state index contributed by atoms with van der Waals surface area (Å²) in [6, 6.07) is 20.4. The molecule has 3 aromatic carbocycles. The Balaban J connectivity index is 0.728. The van der Waals surface area contributed by atoms with Crippen LogP contribution >= 0.6 is 11.6 Å². The predicted octanol–water partition coefficient (Wildman–Crippen LogP) is 5.65. The van der Waals surface area contributed by atoms with Gasteiger partial charge in [0.2, 0.25) is 23.7 Å². The fourth-order valence-electron chi connectivity index (χ4n) is 9.66. The van der Waals surface area contributed by atoms with Crippen LogP contribution in [0.3, 0.4) is 0 Å². The molecule has 4 aliphatic rings. The van der Waals surface area contributed by atoms with Crippen LogP contribution in [-0.2, 0) is 26.2 Å². The second-order valence-electron chi connectivity index (χ2n) is 17.4. The second kappa shape index (κ2) is 17.8. The highest BCUT2D eigenvalue weighted by atomic mass is 35.5. The van der Waals surface area contributed by atoms with Crippen molar-refractivity contribution < 1.29 is 28.7 Å². The lowest BCUT2D eigenvalue weighted by Gasteiger charge is -2.42. The quantitative estimate of drug-likeness (QED) is 0.158. The van der Waals surface area contributed by atoms with Crippen molar-refractivity contribution in [2.75, 3.05) is 51.1 Å². The summed E-state index contributed by atoms with van der Waals surface area (Å²) < 4.78 is 15.3. The molecule has 1 atom stereocenters. The molecule has 0 radical (unpaired) electrons. The highest BCUT2D eigenvalue weighted by Gasteiger charge is 2.44. The highest BCUT2D eigenvalue weighted by Crippen LogP contribution is 2.36. The van der Waals surface area contributed by atoms with Crippen LogP contribution in [0.25, 0.3) is 33.3 Å². The third-order valence-electron chi connectivity index (χ3n) is 13.4. The number of benzene rings is 3. The van der Waals surface area contributed by atoms with Gasteiger partial charge in [-0.3, -0.25) is 34.1 Å². The Hall–Kier alpha value is -5.77. The number of carbonyl (C=O) groups excluding carboxylic acids is 4. The molecule has 63 heavy (non-hydrogen) atoms. The molecule has 16 heteroatoms. The number of aliphatic hydroxyl groups is 1. The van der Waals surface area contributed by atoms with Gasteiger partial charge in [0.15, 0.2) is 0 Å². The summed E-state index contributed by atoms with van der Waals surface area (Å²) in [5.74, 6) is -0.784. The van der Waals surface area contributed by atoms with Crippen LogP contribution in [0.15, 0.2) is 72.9 Å². The number of amides is 4. The molecule has 14 nitrogen and oxygen atoms in total. The molecule has 4 saturated heterocycles. The molecule has 9 rings (SSSR count). The Morgan fingerprint density at radius 1 is 0.889 bits per heavy atom. The van der Waals surface area contributed by atoms with E-state index in [1.54, 1.807) is 28.1 Å². The predicted molar refractivity (Wildman–Crippen MR) is 236 cm³/mol. The van der Waals surface area contributed by atoms with Crippen LogP contribution in [0.4, 0.5) is 10.3 Å². The van der Waals surface area contributed by atoms with E-state index in [-0.39, 0.29) is 48.3 Å². The zero-order valence-corrected chi connectivity index (χ0v) is 36.0. The van der Waals surface area contributed by atoms with E-state index < -0.39 is 11.5 Å². The summed E-state index contributed by atoms with van der Waals surface area (Å²) in [5, 5.41) is 23.4. The Bertz CT molecular complexity index is 2540. The lowest BCUT2D eigenvalue weighted by atomic mass is 9.87. The zero-order chi connectivity index (χ0) is 43.8. The minimum Gasteiger partial charge on any atom is -0.380 e. The summed E-state index contributed by atoms with van der Waals surface area (Å²) in [6.07, 6.45) is 5.82. The maximum absolute atomic E-state index is 13.7. The number of fused-ring (bicyclic) bond motifs is 1. The molecule has 2 aromatic heterocycles. The van der Waals surface area contributed by atoms with Crippen molar-refractivity contribution in [3.05, 3.63) is 95.0 Å².